The summed E-state index contributed by atoms with van der Waals surface area (Å²) < 4.78 is 7.30. The third-order valence-electron chi connectivity index (χ3n) is 2.26. The van der Waals surface area contributed by atoms with Gasteiger partial charge in [-0.1, -0.05) is 0 Å². The molecule has 1 aromatic heterocycles. The third-order valence-corrected chi connectivity index (χ3v) is 2.26. The highest BCUT2D eigenvalue weighted by atomic mass is 16.5. The Balaban J connectivity index is 2.05. The number of aromatic nitrogens is 2. The normalized spacial score (nSPS) is 23.3. The largest absolute Gasteiger partial charge is 0.378 e. The van der Waals surface area contributed by atoms with Crippen LogP contribution in [0.25, 0.3) is 0 Å². The second-order valence-corrected chi connectivity index (χ2v) is 3.18. The molecule has 0 radical (unpaired) electrons. The van der Waals surface area contributed by atoms with E-state index in [2.05, 4.69) is 23.4 Å². The van der Waals surface area contributed by atoms with E-state index >= 15 is 0 Å². The van der Waals surface area contributed by atoms with Gasteiger partial charge < -0.3 is 10.1 Å². The van der Waals surface area contributed by atoms with Gasteiger partial charge in [-0.3, -0.25) is 4.68 Å². The van der Waals surface area contributed by atoms with Gasteiger partial charge >= 0.3 is 0 Å². The number of nitrogens with zero attached hydrogens (tertiary/aromatic N) is 2. The van der Waals surface area contributed by atoms with Gasteiger partial charge in [0.25, 0.3) is 0 Å². The molecule has 0 amide bonds. The molecule has 0 spiro atoms. The van der Waals surface area contributed by atoms with E-state index in [1.165, 1.54) is 0 Å². The van der Waals surface area contributed by atoms with Crippen molar-refractivity contribution in [1.29, 1.82) is 0 Å². The Bertz CT molecular complexity index is 266. The van der Waals surface area contributed by atoms with E-state index in [1.807, 2.05) is 10.9 Å². The van der Waals surface area contributed by atoms with Gasteiger partial charge in [-0.15, -0.1) is 0 Å². The van der Waals surface area contributed by atoms with Crippen molar-refractivity contribution in [3.8, 4) is 0 Å². The summed E-state index contributed by atoms with van der Waals surface area (Å²) in [6.45, 7) is 5.48. The molecule has 1 saturated heterocycles. The Morgan fingerprint density at radius 1 is 1.77 bits per heavy atom. The molecular weight excluding hydrogens is 166 g/mol. The summed E-state index contributed by atoms with van der Waals surface area (Å²) in [5, 5.41) is 7.80. The number of aryl methyl sites for hydroxylation is 1. The zero-order valence-electron chi connectivity index (χ0n) is 7.86. The van der Waals surface area contributed by atoms with Gasteiger partial charge in [-0.05, 0) is 13.0 Å². The molecule has 0 aromatic carbocycles. The van der Waals surface area contributed by atoms with Crippen LogP contribution in [0.2, 0.25) is 0 Å². The van der Waals surface area contributed by atoms with Gasteiger partial charge in [-0.2, -0.15) is 5.10 Å². The van der Waals surface area contributed by atoms with Crippen LogP contribution in [0, 0.1) is 0 Å². The Morgan fingerprint density at radius 2 is 2.69 bits per heavy atom. The summed E-state index contributed by atoms with van der Waals surface area (Å²) in [5.41, 5.74) is 1.08. The van der Waals surface area contributed by atoms with Crippen LogP contribution >= 0.6 is 0 Å². The minimum Gasteiger partial charge on any atom is -0.378 e. The lowest BCUT2D eigenvalue weighted by molar-refractivity contribution is 0.0754. The van der Waals surface area contributed by atoms with Gasteiger partial charge in [0.2, 0.25) is 0 Å². The Labute approximate surface area is 77.9 Å². The first-order valence-corrected chi connectivity index (χ1v) is 4.74. The highest BCUT2D eigenvalue weighted by Crippen LogP contribution is 2.12. The van der Waals surface area contributed by atoms with Crippen LogP contribution in [0.5, 0.6) is 0 Å². The van der Waals surface area contributed by atoms with E-state index in [9.17, 15) is 0 Å². The lowest BCUT2D eigenvalue weighted by atomic mass is 10.2. The van der Waals surface area contributed by atoms with E-state index in [0.29, 0.717) is 0 Å². The van der Waals surface area contributed by atoms with E-state index in [4.69, 9.17) is 4.74 Å². The standard InChI is InChI=1S/C9H15N3O/c1-2-12-5-3-8(11-12)9-7-13-6-4-10-9/h3,5,9-10H,2,4,6-7H2,1H3. The quantitative estimate of drug-likeness (QED) is 0.724. The van der Waals surface area contributed by atoms with Gasteiger partial charge in [0.15, 0.2) is 0 Å². The smallest absolute Gasteiger partial charge is 0.0817 e. The van der Waals surface area contributed by atoms with Crippen molar-refractivity contribution >= 4 is 0 Å². The number of ether oxygens (including phenoxy) is 1. The minimum atomic E-state index is 0.279. The molecule has 2 heterocycles. The first-order chi connectivity index (χ1) is 6.40. The van der Waals surface area contributed by atoms with Crippen molar-refractivity contribution < 1.29 is 4.74 Å². The molecule has 1 fully saturated rings. The fourth-order valence-corrected chi connectivity index (χ4v) is 1.49. The molecule has 1 aliphatic rings. The van der Waals surface area contributed by atoms with Crippen LogP contribution < -0.4 is 5.32 Å². The SMILES string of the molecule is CCn1ccc(C2COCCN2)n1. The first kappa shape index (κ1) is 8.72. The lowest BCUT2D eigenvalue weighted by Gasteiger charge is -2.21. The molecule has 4 nitrogen and oxygen atoms in total. The first-order valence-electron chi connectivity index (χ1n) is 4.74. The topological polar surface area (TPSA) is 39.1 Å². The van der Waals surface area contributed by atoms with Crippen LogP contribution in [-0.2, 0) is 11.3 Å². The number of morpholine rings is 1. The maximum Gasteiger partial charge on any atom is 0.0817 e. The molecule has 2 rings (SSSR count). The number of hydrogen-bond donors (Lipinski definition) is 1. The average molecular weight is 181 g/mol. The van der Waals surface area contributed by atoms with Gasteiger partial charge in [0.1, 0.15) is 0 Å². The average Bonchev–Trinajstić information content (AvgIpc) is 2.67. The molecule has 4 heteroatoms. The maximum atomic E-state index is 5.37. The molecule has 1 aliphatic heterocycles. The second-order valence-electron chi connectivity index (χ2n) is 3.18. The Hall–Kier alpha value is -0.870. The lowest BCUT2D eigenvalue weighted by Crippen LogP contribution is -2.34. The molecule has 0 saturated carbocycles. The molecule has 1 unspecified atom stereocenters. The molecule has 0 bridgehead atoms. The summed E-state index contributed by atoms with van der Waals surface area (Å²) in [6.07, 6.45) is 2.01. The Kier molecular flexibility index (Phi) is 2.61. The van der Waals surface area contributed by atoms with Crippen LogP contribution in [0.4, 0.5) is 0 Å². The van der Waals surface area contributed by atoms with Crippen LogP contribution in [-0.4, -0.2) is 29.5 Å². The van der Waals surface area contributed by atoms with Crippen molar-refractivity contribution in [3.63, 3.8) is 0 Å². The highest BCUT2D eigenvalue weighted by molar-refractivity contribution is 5.06. The van der Waals surface area contributed by atoms with Crippen LogP contribution in [0.15, 0.2) is 12.3 Å². The van der Waals surface area contributed by atoms with E-state index in [-0.39, 0.29) is 6.04 Å². The fraction of sp³-hybridized carbons (Fsp3) is 0.667. The summed E-state index contributed by atoms with van der Waals surface area (Å²) in [5.74, 6) is 0. The maximum absolute atomic E-state index is 5.37. The number of nitrogens with one attached hydrogen (secondary N) is 1. The van der Waals surface area contributed by atoms with Crippen LogP contribution in [0.1, 0.15) is 18.7 Å². The second kappa shape index (κ2) is 3.89. The van der Waals surface area contributed by atoms with E-state index in [0.717, 1.165) is 32.0 Å². The minimum absolute atomic E-state index is 0.279. The molecule has 1 aromatic rings. The van der Waals surface area contributed by atoms with Crippen molar-refractivity contribution in [2.45, 2.75) is 19.5 Å². The number of hydrogen-bond acceptors (Lipinski definition) is 3. The van der Waals surface area contributed by atoms with Gasteiger partial charge in [-0.25, -0.2) is 0 Å². The van der Waals surface area contributed by atoms with Crippen molar-refractivity contribution in [3.05, 3.63) is 18.0 Å². The van der Waals surface area contributed by atoms with Crippen molar-refractivity contribution in [1.82, 2.24) is 15.1 Å². The molecule has 72 valence electrons. The fourth-order valence-electron chi connectivity index (χ4n) is 1.49. The number of rotatable bonds is 2. The Morgan fingerprint density at radius 3 is 3.31 bits per heavy atom. The zero-order valence-corrected chi connectivity index (χ0v) is 7.86. The summed E-state index contributed by atoms with van der Waals surface area (Å²) in [6, 6.07) is 2.33. The predicted octanol–water partition coefficient (Wildman–Crippen LogP) is 0.564. The zero-order chi connectivity index (χ0) is 9.10. The van der Waals surface area contributed by atoms with Gasteiger partial charge in [0, 0.05) is 19.3 Å². The predicted molar refractivity (Wildman–Crippen MR) is 49.5 cm³/mol. The molecule has 13 heavy (non-hydrogen) atoms. The van der Waals surface area contributed by atoms with E-state index < -0.39 is 0 Å². The summed E-state index contributed by atoms with van der Waals surface area (Å²) in [4.78, 5) is 0. The van der Waals surface area contributed by atoms with Gasteiger partial charge in [0.05, 0.1) is 24.9 Å². The highest BCUT2D eigenvalue weighted by Gasteiger charge is 2.16. The molecule has 1 N–H and O–H groups in total. The summed E-state index contributed by atoms with van der Waals surface area (Å²) >= 11 is 0. The molecule has 0 aliphatic carbocycles. The van der Waals surface area contributed by atoms with Crippen LogP contribution in [0.3, 0.4) is 0 Å². The van der Waals surface area contributed by atoms with Crippen molar-refractivity contribution in [2.24, 2.45) is 0 Å². The van der Waals surface area contributed by atoms with Crippen molar-refractivity contribution in [2.75, 3.05) is 19.8 Å². The molecule has 1 atom stereocenters. The summed E-state index contributed by atoms with van der Waals surface area (Å²) in [7, 11) is 0. The monoisotopic (exact) mass is 181 g/mol. The molecular formula is C9H15N3O. The van der Waals surface area contributed by atoms with E-state index in [1.54, 1.807) is 0 Å². The third kappa shape index (κ3) is 1.89.